The van der Waals surface area contributed by atoms with Crippen molar-refractivity contribution in [2.24, 2.45) is 5.92 Å². The summed E-state index contributed by atoms with van der Waals surface area (Å²) >= 11 is 1.56. The fraction of sp³-hybridized carbons (Fsp3) is 0.643. The van der Waals surface area contributed by atoms with Gasteiger partial charge in [0.1, 0.15) is 9.84 Å². The highest BCUT2D eigenvalue weighted by Crippen LogP contribution is 2.27. The van der Waals surface area contributed by atoms with Crippen molar-refractivity contribution in [2.45, 2.75) is 37.9 Å². The summed E-state index contributed by atoms with van der Waals surface area (Å²) in [4.78, 5) is 11.8. The van der Waals surface area contributed by atoms with Crippen molar-refractivity contribution in [3.05, 3.63) is 16.3 Å². The molecule has 0 saturated heterocycles. The van der Waals surface area contributed by atoms with Crippen molar-refractivity contribution in [1.29, 1.82) is 0 Å². The molecule has 2 rings (SSSR count). The summed E-state index contributed by atoms with van der Waals surface area (Å²) in [6.07, 6.45) is 4.44. The third kappa shape index (κ3) is 4.71. The van der Waals surface area contributed by atoms with Crippen LogP contribution in [0.15, 0.2) is 10.8 Å². The molecule has 0 radical (unpaired) electrons. The summed E-state index contributed by atoms with van der Waals surface area (Å²) in [5.74, 6) is 0.373. The van der Waals surface area contributed by atoms with E-state index in [0.29, 0.717) is 25.3 Å². The van der Waals surface area contributed by atoms with E-state index < -0.39 is 9.84 Å². The molecule has 7 heteroatoms. The van der Waals surface area contributed by atoms with Crippen LogP contribution in [-0.2, 0) is 9.84 Å². The molecule has 0 aliphatic heterocycles. The number of anilines is 1. The number of urea groups is 1. The summed E-state index contributed by atoms with van der Waals surface area (Å²) < 4.78 is 23.0. The van der Waals surface area contributed by atoms with Crippen LogP contribution >= 0.6 is 11.3 Å². The average Bonchev–Trinajstić information content (AvgIpc) is 2.81. The van der Waals surface area contributed by atoms with E-state index in [-0.39, 0.29) is 11.3 Å². The Kier molecular flexibility index (Phi) is 5.27. The molecule has 0 unspecified atom stereocenters. The Bertz CT molecular complexity index is 587. The van der Waals surface area contributed by atoms with Gasteiger partial charge in [-0.25, -0.2) is 13.2 Å². The lowest BCUT2D eigenvalue weighted by atomic mass is 9.89. The first-order valence-corrected chi connectivity index (χ1v) is 10.0. The van der Waals surface area contributed by atoms with Gasteiger partial charge in [-0.15, -0.1) is 11.3 Å². The fourth-order valence-electron chi connectivity index (χ4n) is 2.66. The molecule has 0 atom stereocenters. The Morgan fingerprint density at radius 1 is 1.29 bits per heavy atom. The molecule has 1 aliphatic carbocycles. The maximum absolute atomic E-state index is 11.8. The molecule has 21 heavy (non-hydrogen) atoms. The molecule has 0 spiro atoms. The van der Waals surface area contributed by atoms with Crippen molar-refractivity contribution in [3.63, 3.8) is 0 Å². The van der Waals surface area contributed by atoms with Crippen LogP contribution in [0.4, 0.5) is 10.5 Å². The van der Waals surface area contributed by atoms with Gasteiger partial charge in [-0.3, -0.25) is 0 Å². The lowest BCUT2D eigenvalue weighted by Gasteiger charge is -2.27. The topological polar surface area (TPSA) is 75.3 Å². The smallest absolute Gasteiger partial charge is 0.319 e. The molecule has 2 N–H and O–H groups in total. The van der Waals surface area contributed by atoms with Gasteiger partial charge in [0.05, 0.1) is 10.9 Å². The van der Waals surface area contributed by atoms with E-state index in [2.05, 4.69) is 10.6 Å². The molecular weight excluding hydrogens is 308 g/mol. The lowest BCUT2D eigenvalue weighted by molar-refractivity contribution is 0.247. The summed E-state index contributed by atoms with van der Waals surface area (Å²) in [6.45, 7) is 2.56. The average molecular weight is 330 g/mol. The van der Waals surface area contributed by atoms with Crippen LogP contribution in [0.3, 0.4) is 0 Å². The molecule has 0 bridgehead atoms. The van der Waals surface area contributed by atoms with Gasteiger partial charge >= 0.3 is 6.03 Å². The van der Waals surface area contributed by atoms with Gasteiger partial charge in [0, 0.05) is 18.2 Å². The van der Waals surface area contributed by atoms with Gasteiger partial charge in [0.2, 0.25) is 0 Å². The highest BCUT2D eigenvalue weighted by atomic mass is 32.2. The van der Waals surface area contributed by atoms with Crippen LogP contribution in [0.2, 0.25) is 0 Å². The number of carbonyl (C=O) groups excluding carboxylic acids is 1. The van der Waals surface area contributed by atoms with E-state index in [1.807, 2.05) is 17.7 Å². The number of hydrogen-bond acceptors (Lipinski definition) is 4. The fourth-order valence-corrected chi connectivity index (χ4v) is 4.56. The van der Waals surface area contributed by atoms with Crippen LogP contribution in [0, 0.1) is 12.8 Å². The Morgan fingerprint density at radius 2 is 1.95 bits per heavy atom. The largest absolute Gasteiger partial charge is 0.338 e. The minimum absolute atomic E-state index is 0.193. The lowest BCUT2D eigenvalue weighted by Crippen LogP contribution is -2.36. The number of thiophene rings is 1. The quantitative estimate of drug-likeness (QED) is 0.891. The normalized spacial score (nSPS) is 22.8. The van der Waals surface area contributed by atoms with E-state index >= 15 is 0 Å². The first-order valence-electron chi connectivity index (χ1n) is 7.12. The Balaban J connectivity index is 1.72. The van der Waals surface area contributed by atoms with Gasteiger partial charge in [-0.1, -0.05) is 0 Å². The zero-order valence-electron chi connectivity index (χ0n) is 12.4. The maximum atomic E-state index is 11.8. The van der Waals surface area contributed by atoms with Crippen molar-refractivity contribution in [3.8, 4) is 0 Å². The molecule has 1 saturated carbocycles. The molecule has 0 aromatic carbocycles. The zero-order valence-corrected chi connectivity index (χ0v) is 14.0. The van der Waals surface area contributed by atoms with Crippen molar-refractivity contribution >= 4 is 32.9 Å². The van der Waals surface area contributed by atoms with Gasteiger partial charge in [0.15, 0.2) is 0 Å². The molecule has 1 aromatic rings. The number of rotatable bonds is 4. The third-order valence-corrected chi connectivity index (χ3v) is 6.60. The predicted molar refractivity (Wildman–Crippen MR) is 86.7 cm³/mol. The number of amides is 2. The molecule has 1 aromatic heterocycles. The monoisotopic (exact) mass is 330 g/mol. The van der Waals surface area contributed by atoms with Crippen LogP contribution in [0.5, 0.6) is 0 Å². The summed E-state index contributed by atoms with van der Waals surface area (Å²) in [5, 5.41) is 9.40. The van der Waals surface area contributed by atoms with Gasteiger partial charge in [-0.2, -0.15) is 0 Å². The highest BCUT2D eigenvalue weighted by Gasteiger charge is 2.27. The van der Waals surface area contributed by atoms with Crippen LogP contribution in [0.25, 0.3) is 0 Å². The Morgan fingerprint density at radius 3 is 2.48 bits per heavy atom. The van der Waals surface area contributed by atoms with Crippen molar-refractivity contribution in [1.82, 2.24) is 5.32 Å². The molecular formula is C14H22N2O3S2. The zero-order chi connectivity index (χ0) is 15.5. The summed E-state index contributed by atoms with van der Waals surface area (Å²) in [7, 11) is -2.92. The molecule has 2 amide bonds. The second-order valence-electron chi connectivity index (χ2n) is 5.78. The van der Waals surface area contributed by atoms with E-state index in [4.69, 9.17) is 0 Å². The predicted octanol–water partition coefficient (Wildman–Crippen LogP) is 2.78. The number of aryl methyl sites for hydroxylation is 1. The van der Waals surface area contributed by atoms with E-state index in [0.717, 1.165) is 24.1 Å². The van der Waals surface area contributed by atoms with E-state index in [9.17, 15) is 13.2 Å². The van der Waals surface area contributed by atoms with Crippen molar-refractivity contribution < 1.29 is 13.2 Å². The van der Waals surface area contributed by atoms with Crippen LogP contribution in [0.1, 0.15) is 31.2 Å². The second kappa shape index (κ2) is 6.79. The summed E-state index contributed by atoms with van der Waals surface area (Å²) in [5.41, 5.74) is 1.90. The van der Waals surface area contributed by atoms with Gasteiger partial charge in [-0.05, 0) is 49.5 Å². The minimum Gasteiger partial charge on any atom is -0.338 e. The number of carbonyl (C=O) groups is 1. The van der Waals surface area contributed by atoms with Gasteiger partial charge < -0.3 is 10.6 Å². The SMILES string of the molecule is Cc1cscc1NC(=O)NCC1CCC(S(C)(=O)=O)CC1. The maximum Gasteiger partial charge on any atom is 0.319 e. The first kappa shape index (κ1) is 16.3. The van der Waals surface area contributed by atoms with Crippen molar-refractivity contribution in [2.75, 3.05) is 18.1 Å². The molecule has 1 heterocycles. The minimum atomic E-state index is -2.92. The number of hydrogen-bond donors (Lipinski definition) is 2. The highest BCUT2D eigenvalue weighted by molar-refractivity contribution is 7.91. The third-order valence-electron chi connectivity index (χ3n) is 4.05. The standard InChI is InChI=1S/C14H22N2O3S2/c1-10-8-20-9-13(10)16-14(17)15-7-11-3-5-12(6-4-11)21(2,18)19/h8-9,11-12H,3-7H2,1-2H3,(H2,15,16,17). The Hall–Kier alpha value is -1.08. The van der Waals surface area contributed by atoms with Crippen LogP contribution < -0.4 is 10.6 Å². The molecule has 1 fully saturated rings. The molecule has 5 nitrogen and oxygen atoms in total. The number of nitrogens with one attached hydrogen (secondary N) is 2. The second-order valence-corrected chi connectivity index (χ2v) is 8.85. The molecule has 118 valence electrons. The first-order chi connectivity index (χ1) is 9.86. The van der Waals surface area contributed by atoms with E-state index in [1.165, 1.54) is 6.26 Å². The van der Waals surface area contributed by atoms with Crippen LogP contribution in [-0.4, -0.2) is 32.5 Å². The summed E-state index contributed by atoms with van der Waals surface area (Å²) in [6, 6.07) is -0.193. The van der Waals surface area contributed by atoms with E-state index in [1.54, 1.807) is 11.3 Å². The molecule has 1 aliphatic rings. The number of sulfone groups is 1. The van der Waals surface area contributed by atoms with Gasteiger partial charge in [0.25, 0.3) is 0 Å². The Labute approximate surface area is 130 Å².